The zero-order valence-electron chi connectivity index (χ0n) is 13.4. The molecule has 0 heterocycles. The van der Waals surface area contributed by atoms with E-state index >= 15 is 0 Å². The SMILES string of the molecule is CCNC(=NCc1ccc(C)cc1)NC1CCC(SC)C1. The van der Waals surface area contributed by atoms with Crippen molar-refractivity contribution in [2.75, 3.05) is 12.8 Å². The molecule has 0 amide bonds. The van der Waals surface area contributed by atoms with Crippen LogP contribution in [0.1, 0.15) is 37.3 Å². The fourth-order valence-electron chi connectivity index (χ4n) is 2.66. The lowest BCUT2D eigenvalue weighted by Crippen LogP contribution is -2.42. The van der Waals surface area contributed by atoms with E-state index in [2.05, 4.69) is 55.0 Å². The number of guanidine groups is 1. The Hall–Kier alpha value is -1.16. The molecule has 1 aromatic rings. The molecule has 3 nitrogen and oxygen atoms in total. The predicted octanol–water partition coefficient (Wildman–Crippen LogP) is 3.33. The van der Waals surface area contributed by atoms with Gasteiger partial charge in [0.15, 0.2) is 5.96 Å². The lowest BCUT2D eigenvalue weighted by atomic mass is 10.1. The van der Waals surface area contributed by atoms with Gasteiger partial charge in [0.05, 0.1) is 6.54 Å². The summed E-state index contributed by atoms with van der Waals surface area (Å²) in [7, 11) is 0. The van der Waals surface area contributed by atoms with E-state index in [1.807, 2.05) is 11.8 Å². The van der Waals surface area contributed by atoms with Gasteiger partial charge in [0.25, 0.3) is 0 Å². The van der Waals surface area contributed by atoms with Crippen LogP contribution in [0.4, 0.5) is 0 Å². The Morgan fingerprint density at radius 3 is 2.67 bits per heavy atom. The summed E-state index contributed by atoms with van der Waals surface area (Å²) >= 11 is 1.99. The van der Waals surface area contributed by atoms with Gasteiger partial charge >= 0.3 is 0 Å². The molecule has 0 radical (unpaired) electrons. The number of benzene rings is 1. The molecule has 1 saturated carbocycles. The monoisotopic (exact) mass is 305 g/mol. The summed E-state index contributed by atoms with van der Waals surface area (Å²) in [5.41, 5.74) is 2.55. The molecule has 116 valence electrons. The Kier molecular flexibility index (Phi) is 6.43. The van der Waals surface area contributed by atoms with Crippen molar-refractivity contribution in [1.29, 1.82) is 0 Å². The largest absolute Gasteiger partial charge is 0.357 e. The lowest BCUT2D eigenvalue weighted by molar-refractivity contribution is 0.615. The van der Waals surface area contributed by atoms with Crippen LogP contribution < -0.4 is 10.6 Å². The minimum atomic E-state index is 0.568. The number of hydrogen-bond donors (Lipinski definition) is 2. The Morgan fingerprint density at radius 2 is 2.05 bits per heavy atom. The van der Waals surface area contributed by atoms with Crippen molar-refractivity contribution in [3.05, 3.63) is 35.4 Å². The Morgan fingerprint density at radius 1 is 1.29 bits per heavy atom. The molecule has 21 heavy (non-hydrogen) atoms. The van der Waals surface area contributed by atoms with E-state index in [1.165, 1.54) is 30.4 Å². The summed E-state index contributed by atoms with van der Waals surface area (Å²) in [6.45, 7) is 5.86. The van der Waals surface area contributed by atoms with Gasteiger partial charge in [-0.3, -0.25) is 0 Å². The highest BCUT2D eigenvalue weighted by Crippen LogP contribution is 2.28. The number of rotatable bonds is 5. The molecule has 4 heteroatoms. The number of thioether (sulfide) groups is 1. The molecular weight excluding hydrogens is 278 g/mol. The van der Waals surface area contributed by atoms with Crippen molar-refractivity contribution in [3.8, 4) is 0 Å². The summed E-state index contributed by atoms with van der Waals surface area (Å²) in [5, 5.41) is 7.75. The fraction of sp³-hybridized carbons (Fsp3) is 0.588. The minimum Gasteiger partial charge on any atom is -0.357 e. The zero-order chi connectivity index (χ0) is 15.1. The highest BCUT2D eigenvalue weighted by atomic mass is 32.2. The summed E-state index contributed by atoms with van der Waals surface area (Å²) < 4.78 is 0. The molecular formula is C17H27N3S. The maximum Gasteiger partial charge on any atom is 0.191 e. The second kappa shape index (κ2) is 8.32. The van der Waals surface area contributed by atoms with Crippen LogP contribution in [-0.2, 0) is 6.54 Å². The van der Waals surface area contributed by atoms with E-state index in [4.69, 9.17) is 4.99 Å². The molecule has 2 rings (SSSR count). The topological polar surface area (TPSA) is 36.4 Å². The highest BCUT2D eigenvalue weighted by molar-refractivity contribution is 7.99. The van der Waals surface area contributed by atoms with Gasteiger partial charge < -0.3 is 10.6 Å². The third kappa shape index (κ3) is 5.27. The van der Waals surface area contributed by atoms with Crippen LogP contribution in [0.3, 0.4) is 0 Å². The summed E-state index contributed by atoms with van der Waals surface area (Å²) in [5.74, 6) is 0.949. The highest BCUT2D eigenvalue weighted by Gasteiger charge is 2.24. The maximum absolute atomic E-state index is 4.72. The number of aliphatic imine (C=N–C) groups is 1. The van der Waals surface area contributed by atoms with E-state index in [0.717, 1.165) is 24.3 Å². The van der Waals surface area contributed by atoms with Crippen molar-refractivity contribution in [3.63, 3.8) is 0 Å². The van der Waals surface area contributed by atoms with Crippen molar-refractivity contribution < 1.29 is 0 Å². The third-order valence-electron chi connectivity index (χ3n) is 3.94. The van der Waals surface area contributed by atoms with Crippen LogP contribution in [0.15, 0.2) is 29.3 Å². The molecule has 1 aliphatic rings. The second-order valence-electron chi connectivity index (χ2n) is 5.69. The first-order valence-corrected chi connectivity index (χ1v) is 9.13. The van der Waals surface area contributed by atoms with Gasteiger partial charge in [0, 0.05) is 17.8 Å². The number of nitrogens with one attached hydrogen (secondary N) is 2. The van der Waals surface area contributed by atoms with Crippen LogP contribution in [-0.4, -0.2) is 30.1 Å². The lowest BCUT2D eigenvalue weighted by Gasteiger charge is -2.17. The summed E-state index contributed by atoms with van der Waals surface area (Å²) in [6, 6.07) is 9.16. The van der Waals surface area contributed by atoms with Gasteiger partial charge in [-0.1, -0.05) is 29.8 Å². The Labute approximate surface area is 133 Å². The molecule has 2 unspecified atom stereocenters. The van der Waals surface area contributed by atoms with Gasteiger partial charge in [-0.2, -0.15) is 11.8 Å². The van der Waals surface area contributed by atoms with Crippen molar-refractivity contribution in [2.45, 2.75) is 50.9 Å². The van der Waals surface area contributed by atoms with E-state index in [9.17, 15) is 0 Å². The van der Waals surface area contributed by atoms with Gasteiger partial charge in [-0.15, -0.1) is 0 Å². The molecule has 0 aliphatic heterocycles. The zero-order valence-corrected chi connectivity index (χ0v) is 14.2. The first-order valence-electron chi connectivity index (χ1n) is 7.84. The Balaban J connectivity index is 1.91. The van der Waals surface area contributed by atoms with Crippen LogP contribution in [0.25, 0.3) is 0 Å². The van der Waals surface area contributed by atoms with Crippen LogP contribution in [0.5, 0.6) is 0 Å². The van der Waals surface area contributed by atoms with Gasteiger partial charge in [-0.25, -0.2) is 4.99 Å². The molecule has 2 N–H and O–H groups in total. The molecule has 0 aromatic heterocycles. The van der Waals surface area contributed by atoms with E-state index < -0.39 is 0 Å². The predicted molar refractivity (Wildman–Crippen MR) is 94.1 cm³/mol. The average molecular weight is 305 g/mol. The molecule has 0 saturated heterocycles. The first kappa shape index (κ1) is 16.2. The van der Waals surface area contributed by atoms with Crippen molar-refractivity contribution >= 4 is 17.7 Å². The summed E-state index contributed by atoms with van der Waals surface area (Å²) in [6.07, 6.45) is 6.02. The summed E-state index contributed by atoms with van der Waals surface area (Å²) in [4.78, 5) is 4.72. The third-order valence-corrected chi connectivity index (χ3v) is 5.04. The normalized spacial score (nSPS) is 22.3. The van der Waals surface area contributed by atoms with Gasteiger partial charge in [0.2, 0.25) is 0 Å². The van der Waals surface area contributed by atoms with Crippen LogP contribution in [0.2, 0.25) is 0 Å². The Bertz CT molecular complexity index is 456. The molecule has 0 spiro atoms. The average Bonchev–Trinajstić information content (AvgIpc) is 2.94. The molecule has 2 atom stereocenters. The maximum atomic E-state index is 4.72. The van der Waals surface area contributed by atoms with Crippen LogP contribution in [0, 0.1) is 6.92 Å². The van der Waals surface area contributed by atoms with Crippen LogP contribution >= 0.6 is 11.8 Å². The van der Waals surface area contributed by atoms with E-state index in [1.54, 1.807) is 0 Å². The van der Waals surface area contributed by atoms with Crippen molar-refractivity contribution in [1.82, 2.24) is 10.6 Å². The van der Waals surface area contributed by atoms with E-state index in [-0.39, 0.29) is 0 Å². The minimum absolute atomic E-state index is 0.568. The number of aryl methyl sites for hydroxylation is 1. The van der Waals surface area contributed by atoms with Gasteiger partial charge in [-0.05, 0) is 44.9 Å². The first-order chi connectivity index (χ1) is 10.2. The van der Waals surface area contributed by atoms with Crippen molar-refractivity contribution in [2.24, 2.45) is 4.99 Å². The molecule has 1 aliphatic carbocycles. The quantitative estimate of drug-likeness (QED) is 0.647. The standard InChI is InChI=1S/C17H27N3S/c1-4-18-17(20-15-9-10-16(11-15)21-3)19-12-14-7-5-13(2)6-8-14/h5-8,15-16H,4,9-12H2,1-3H3,(H2,18,19,20). The number of nitrogens with zero attached hydrogens (tertiary/aromatic N) is 1. The smallest absolute Gasteiger partial charge is 0.191 e. The fourth-order valence-corrected chi connectivity index (χ4v) is 3.46. The molecule has 0 bridgehead atoms. The molecule has 1 fully saturated rings. The number of hydrogen-bond acceptors (Lipinski definition) is 2. The molecule has 1 aromatic carbocycles. The van der Waals surface area contributed by atoms with Gasteiger partial charge in [0.1, 0.15) is 0 Å². The van der Waals surface area contributed by atoms with E-state index in [0.29, 0.717) is 6.04 Å². The second-order valence-corrected chi connectivity index (χ2v) is 6.83.